The van der Waals surface area contributed by atoms with Gasteiger partial charge >= 0.3 is 12.2 Å². The average molecular weight is 309 g/mol. The fourth-order valence-corrected chi connectivity index (χ4v) is 1.48. The number of hydrogen-bond donors (Lipinski definition) is 0. The van der Waals surface area contributed by atoms with Crippen LogP contribution in [0.2, 0.25) is 0 Å². The monoisotopic (exact) mass is 309 g/mol. The average Bonchev–Trinajstić information content (AvgIpc) is 2.27. The highest BCUT2D eigenvalue weighted by molar-refractivity contribution is 6.09. The Morgan fingerprint density at radius 2 is 1.32 bits per heavy atom. The van der Waals surface area contributed by atoms with Crippen molar-refractivity contribution < 1.29 is 19.1 Å². The van der Waals surface area contributed by atoms with Crippen LogP contribution in [0.25, 0.3) is 0 Å². The Morgan fingerprint density at radius 3 is 1.68 bits per heavy atom. The summed E-state index contributed by atoms with van der Waals surface area (Å²) in [7, 11) is 0. The molecular weight excluding hydrogens is 286 g/mol. The molecule has 1 rings (SSSR count). The topological polar surface area (TPSA) is 81.6 Å². The van der Waals surface area contributed by atoms with Crippen molar-refractivity contribution in [2.24, 2.45) is 0 Å². The predicted molar refractivity (Wildman–Crippen MR) is 81.7 cm³/mol. The molecule has 1 heterocycles. The lowest BCUT2D eigenvalue weighted by molar-refractivity contribution is 0.0428. The van der Waals surface area contributed by atoms with E-state index in [4.69, 9.17) is 9.47 Å². The number of carbonyl (C=O) groups is 2. The molecule has 0 saturated carbocycles. The van der Waals surface area contributed by atoms with E-state index >= 15 is 0 Å². The van der Waals surface area contributed by atoms with Crippen LogP contribution in [0, 0.1) is 6.92 Å². The van der Waals surface area contributed by atoms with Crippen LogP contribution < -0.4 is 4.90 Å². The molecule has 0 radical (unpaired) electrons. The van der Waals surface area contributed by atoms with E-state index in [2.05, 4.69) is 9.97 Å². The molecule has 0 N–H and O–H groups in total. The van der Waals surface area contributed by atoms with Crippen molar-refractivity contribution in [3.05, 3.63) is 18.1 Å². The van der Waals surface area contributed by atoms with Gasteiger partial charge in [-0.3, -0.25) is 4.98 Å². The summed E-state index contributed by atoms with van der Waals surface area (Å²) in [6.07, 6.45) is 1.15. The third kappa shape index (κ3) is 5.31. The van der Waals surface area contributed by atoms with Crippen LogP contribution in [-0.4, -0.2) is 33.4 Å². The molecule has 7 heteroatoms. The molecule has 0 aromatic carbocycles. The number of ether oxygens (including phenoxy) is 2. The van der Waals surface area contributed by atoms with Gasteiger partial charge in [0.05, 0.1) is 5.69 Å². The van der Waals surface area contributed by atoms with E-state index in [0.29, 0.717) is 5.69 Å². The zero-order valence-electron chi connectivity index (χ0n) is 14.1. The summed E-state index contributed by atoms with van der Waals surface area (Å²) in [5.74, 6) is 0.0889. The van der Waals surface area contributed by atoms with Gasteiger partial charge < -0.3 is 9.47 Å². The first-order chi connectivity index (χ1) is 9.91. The van der Waals surface area contributed by atoms with E-state index in [1.54, 1.807) is 48.5 Å². The molecule has 22 heavy (non-hydrogen) atoms. The zero-order chi connectivity index (χ0) is 17.1. The third-order valence-corrected chi connectivity index (χ3v) is 2.22. The molecule has 1 aromatic rings. The van der Waals surface area contributed by atoms with E-state index in [1.807, 2.05) is 0 Å². The summed E-state index contributed by atoms with van der Waals surface area (Å²) in [4.78, 5) is 33.6. The van der Waals surface area contributed by atoms with Gasteiger partial charge in [-0.1, -0.05) is 0 Å². The molecule has 0 unspecified atom stereocenters. The Kier molecular flexibility index (Phi) is 5.11. The maximum Gasteiger partial charge on any atom is 0.425 e. The van der Waals surface area contributed by atoms with Crippen LogP contribution in [0.3, 0.4) is 0 Å². The highest BCUT2D eigenvalue weighted by Crippen LogP contribution is 2.21. The predicted octanol–water partition coefficient (Wildman–Crippen LogP) is 3.46. The van der Waals surface area contributed by atoms with Crippen molar-refractivity contribution in [1.82, 2.24) is 9.97 Å². The van der Waals surface area contributed by atoms with Gasteiger partial charge in [-0.2, -0.15) is 4.90 Å². The van der Waals surface area contributed by atoms with Crippen molar-refractivity contribution in [2.45, 2.75) is 59.7 Å². The van der Waals surface area contributed by atoms with E-state index in [1.165, 1.54) is 12.4 Å². The van der Waals surface area contributed by atoms with Crippen LogP contribution >= 0.6 is 0 Å². The molecule has 0 aliphatic heterocycles. The Labute approximate surface area is 130 Å². The molecule has 0 fully saturated rings. The van der Waals surface area contributed by atoms with Crippen LogP contribution in [0.15, 0.2) is 12.4 Å². The molecule has 0 aliphatic carbocycles. The van der Waals surface area contributed by atoms with E-state index < -0.39 is 23.4 Å². The van der Waals surface area contributed by atoms with Crippen molar-refractivity contribution in [2.75, 3.05) is 4.90 Å². The molecule has 0 saturated heterocycles. The van der Waals surface area contributed by atoms with Gasteiger partial charge in [-0.15, -0.1) is 0 Å². The van der Waals surface area contributed by atoms with Crippen molar-refractivity contribution in [1.29, 1.82) is 0 Å². The smallest absolute Gasteiger partial charge is 0.425 e. The van der Waals surface area contributed by atoms with Crippen molar-refractivity contribution in [3.8, 4) is 0 Å². The minimum atomic E-state index is -0.856. The zero-order valence-corrected chi connectivity index (χ0v) is 14.1. The van der Waals surface area contributed by atoms with Crippen LogP contribution in [0.5, 0.6) is 0 Å². The molecule has 122 valence electrons. The van der Waals surface area contributed by atoms with Gasteiger partial charge in [-0.25, -0.2) is 14.6 Å². The first kappa shape index (κ1) is 17.9. The standard InChI is InChI=1S/C15H23N3O4/c1-10-11(17-9-8-16-10)18(12(19)21-14(2,3)4)13(20)22-15(5,6)7/h8-9H,1-7H3. The van der Waals surface area contributed by atoms with Gasteiger partial charge in [0.2, 0.25) is 0 Å². The van der Waals surface area contributed by atoms with E-state index in [0.717, 1.165) is 4.90 Å². The molecule has 0 spiro atoms. The van der Waals surface area contributed by atoms with Gasteiger partial charge in [0, 0.05) is 12.4 Å². The second-order valence-electron chi connectivity index (χ2n) is 6.76. The number of carbonyl (C=O) groups excluding carboxylic acids is 2. The van der Waals surface area contributed by atoms with Gasteiger partial charge in [0.1, 0.15) is 11.2 Å². The number of aryl methyl sites for hydroxylation is 1. The minimum Gasteiger partial charge on any atom is -0.443 e. The molecule has 0 aliphatic rings. The maximum absolute atomic E-state index is 12.4. The number of rotatable bonds is 1. The van der Waals surface area contributed by atoms with E-state index in [-0.39, 0.29) is 5.82 Å². The molecule has 7 nitrogen and oxygen atoms in total. The second kappa shape index (κ2) is 6.29. The summed E-state index contributed by atoms with van der Waals surface area (Å²) in [6, 6.07) is 0. The van der Waals surface area contributed by atoms with Crippen LogP contribution in [-0.2, 0) is 9.47 Å². The third-order valence-electron chi connectivity index (χ3n) is 2.22. The fraction of sp³-hybridized carbons (Fsp3) is 0.600. The van der Waals surface area contributed by atoms with Gasteiger partial charge in [0.25, 0.3) is 0 Å². The quantitative estimate of drug-likeness (QED) is 0.790. The van der Waals surface area contributed by atoms with Crippen LogP contribution in [0.1, 0.15) is 47.2 Å². The molecule has 2 amide bonds. The largest absolute Gasteiger partial charge is 0.443 e. The van der Waals surface area contributed by atoms with E-state index in [9.17, 15) is 9.59 Å². The fourth-order valence-electron chi connectivity index (χ4n) is 1.48. The molecule has 0 atom stereocenters. The lowest BCUT2D eigenvalue weighted by atomic mass is 10.2. The summed E-state index contributed by atoms with van der Waals surface area (Å²) < 4.78 is 10.5. The lowest BCUT2D eigenvalue weighted by Gasteiger charge is -2.28. The van der Waals surface area contributed by atoms with Gasteiger partial charge in [-0.05, 0) is 48.5 Å². The number of hydrogen-bond acceptors (Lipinski definition) is 6. The highest BCUT2D eigenvalue weighted by atomic mass is 16.6. The first-order valence-electron chi connectivity index (χ1n) is 6.94. The Morgan fingerprint density at radius 1 is 0.909 bits per heavy atom. The van der Waals surface area contributed by atoms with Gasteiger partial charge in [0.15, 0.2) is 5.82 Å². The second-order valence-corrected chi connectivity index (χ2v) is 6.76. The highest BCUT2D eigenvalue weighted by Gasteiger charge is 2.34. The number of amides is 2. The molecular formula is C15H23N3O4. The minimum absolute atomic E-state index is 0.0889. The summed E-state index contributed by atoms with van der Waals surface area (Å²) in [5, 5.41) is 0. The number of nitrogens with zero attached hydrogens (tertiary/aromatic N) is 3. The number of aromatic nitrogens is 2. The normalized spacial score (nSPS) is 11.8. The lowest BCUT2D eigenvalue weighted by Crippen LogP contribution is -2.44. The van der Waals surface area contributed by atoms with Crippen molar-refractivity contribution >= 4 is 18.0 Å². The summed E-state index contributed by atoms with van der Waals surface area (Å²) >= 11 is 0. The first-order valence-corrected chi connectivity index (χ1v) is 6.94. The summed E-state index contributed by atoms with van der Waals surface area (Å²) in [6.45, 7) is 11.9. The Balaban J connectivity index is 3.19. The SMILES string of the molecule is Cc1nccnc1N(C(=O)OC(C)(C)C)C(=O)OC(C)(C)C. The Bertz CT molecular complexity index is 531. The van der Waals surface area contributed by atoms with Crippen molar-refractivity contribution in [3.63, 3.8) is 0 Å². The maximum atomic E-state index is 12.4. The number of anilines is 1. The van der Waals surface area contributed by atoms with Crippen LogP contribution in [0.4, 0.5) is 15.4 Å². The summed E-state index contributed by atoms with van der Waals surface area (Å²) in [5.41, 5.74) is -1.10. The Hall–Kier alpha value is -2.18. The number of imide groups is 1. The molecule has 1 aromatic heterocycles. The molecule has 0 bridgehead atoms.